The van der Waals surface area contributed by atoms with Gasteiger partial charge in [-0.25, -0.2) is 10.8 Å². The molecular weight excluding hydrogens is 198 g/mol. The van der Waals surface area contributed by atoms with Crippen molar-refractivity contribution < 1.29 is 0 Å². The third-order valence-corrected chi connectivity index (χ3v) is 2.75. The van der Waals surface area contributed by atoms with Crippen molar-refractivity contribution in [2.45, 2.75) is 26.2 Å². The van der Waals surface area contributed by atoms with Crippen LogP contribution < -0.4 is 11.3 Å². The van der Waals surface area contributed by atoms with Gasteiger partial charge in [-0.2, -0.15) is 0 Å². The van der Waals surface area contributed by atoms with E-state index >= 15 is 0 Å². The number of aryl methyl sites for hydroxylation is 1. The monoisotopic (exact) mass is 215 g/mol. The van der Waals surface area contributed by atoms with Crippen molar-refractivity contribution in [1.82, 2.24) is 4.98 Å². The van der Waals surface area contributed by atoms with Crippen LogP contribution in [0.5, 0.6) is 0 Å². The lowest BCUT2D eigenvalue weighted by Crippen LogP contribution is -2.08. The van der Waals surface area contributed by atoms with Gasteiger partial charge in [-0.05, 0) is 30.5 Å². The fourth-order valence-corrected chi connectivity index (χ4v) is 1.86. The first-order valence-electron chi connectivity index (χ1n) is 5.70. The topological polar surface area (TPSA) is 50.9 Å². The normalized spacial score (nSPS) is 10.6. The van der Waals surface area contributed by atoms with Crippen LogP contribution in [0.4, 0.5) is 5.82 Å². The van der Waals surface area contributed by atoms with Crippen LogP contribution in [0.1, 0.15) is 25.3 Å². The summed E-state index contributed by atoms with van der Waals surface area (Å²) < 4.78 is 0. The summed E-state index contributed by atoms with van der Waals surface area (Å²) in [5.41, 5.74) is 4.96. The van der Waals surface area contributed by atoms with Gasteiger partial charge in [0.2, 0.25) is 0 Å². The number of nitrogens with one attached hydrogen (secondary N) is 1. The predicted molar refractivity (Wildman–Crippen MR) is 68.2 cm³/mol. The smallest absolute Gasteiger partial charge is 0.140 e. The molecule has 0 fully saturated rings. The van der Waals surface area contributed by atoms with Gasteiger partial charge in [0.15, 0.2) is 0 Å². The molecule has 0 radical (unpaired) electrons. The van der Waals surface area contributed by atoms with Crippen LogP contribution in [0, 0.1) is 0 Å². The Labute approximate surface area is 95.7 Å². The average Bonchev–Trinajstić information content (AvgIpc) is 2.35. The van der Waals surface area contributed by atoms with E-state index in [1.54, 1.807) is 0 Å². The molecule has 0 saturated carbocycles. The van der Waals surface area contributed by atoms with Crippen LogP contribution in [-0.2, 0) is 6.42 Å². The SMILES string of the molecule is CCCCc1cccc2ccc(NN)nc12. The molecule has 0 aliphatic carbocycles. The van der Waals surface area contributed by atoms with Gasteiger partial charge in [0.1, 0.15) is 5.82 Å². The number of benzene rings is 1. The molecule has 0 spiro atoms. The standard InChI is InChI=1S/C13H17N3/c1-2-3-5-10-6-4-7-11-8-9-12(16-14)15-13(10)11/h4,6-9H,2-3,5,14H2,1H3,(H,15,16). The van der Waals surface area contributed by atoms with Crippen molar-refractivity contribution in [2.75, 3.05) is 5.43 Å². The summed E-state index contributed by atoms with van der Waals surface area (Å²) in [4.78, 5) is 4.51. The molecule has 3 nitrogen and oxygen atoms in total. The number of nitrogens with zero attached hydrogens (tertiary/aromatic N) is 1. The van der Waals surface area contributed by atoms with Crippen molar-refractivity contribution >= 4 is 16.7 Å². The third kappa shape index (κ3) is 2.14. The molecule has 2 aromatic rings. The molecule has 1 aromatic heterocycles. The van der Waals surface area contributed by atoms with Gasteiger partial charge >= 0.3 is 0 Å². The van der Waals surface area contributed by atoms with Gasteiger partial charge < -0.3 is 5.43 Å². The molecule has 0 bridgehead atoms. The molecule has 1 aromatic carbocycles. The molecule has 0 unspecified atom stereocenters. The van der Waals surface area contributed by atoms with Crippen LogP contribution in [-0.4, -0.2) is 4.98 Å². The molecule has 0 aliphatic heterocycles. The number of fused-ring (bicyclic) bond motifs is 1. The van der Waals surface area contributed by atoms with Gasteiger partial charge in [-0.1, -0.05) is 31.5 Å². The second-order valence-corrected chi connectivity index (χ2v) is 3.93. The summed E-state index contributed by atoms with van der Waals surface area (Å²) >= 11 is 0. The Morgan fingerprint density at radius 2 is 2.12 bits per heavy atom. The van der Waals surface area contributed by atoms with Crippen LogP contribution >= 0.6 is 0 Å². The molecule has 84 valence electrons. The number of rotatable bonds is 4. The van der Waals surface area contributed by atoms with E-state index in [0.29, 0.717) is 0 Å². The van der Waals surface area contributed by atoms with Crippen LogP contribution in [0.3, 0.4) is 0 Å². The van der Waals surface area contributed by atoms with Crippen molar-refractivity contribution in [3.8, 4) is 0 Å². The molecule has 3 heteroatoms. The van der Waals surface area contributed by atoms with Crippen LogP contribution in [0.25, 0.3) is 10.9 Å². The molecule has 0 aliphatic rings. The number of para-hydroxylation sites is 1. The zero-order valence-electron chi connectivity index (χ0n) is 9.53. The first kappa shape index (κ1) is 10.9. The lowest BCUT2D eigenvalue weighted by molar-refractivity contribution is 0.798. The number of unbranched alkanes of at least 4 members (excludes halogenated alkanes) is 1. The van der Waals surface area contributed by atoms with Gasteiger partial charge in [-0.3, -0.25) is 0 Å². The highest BCUT2D eigenvalue weighted by Crippen LogP contribution is 2.20. The number of hydrogen-bond acceptors (Lipinski definition) is 3. The van der Waals surface area contributed by atoms with E-state index in [1.165, 1.54) is 23.8 Å². The summed E-state index contributed by atoms with van der Waals surface area (Å²) in [6.07, 6.45) is 3.47. The summed E-state index contributed by atoms with van der Waals surface area (Å²) in [6, 6.07) is 10.3. The maximum atomic E-state index is 5.38. The summed E-state index contributed by atoms with van der Waals surface area (Å²) in [7, 11) is 0. The first-order chi connectivity index (χ1) is 7.85. The predicted octanol–water partition coefficient (Wildman–Crippen LogP) is 2.86. The van der Waals surface area contributed by atoms with Crippen molar-refractivity contribution in [2.24, 2.45) is 5.84 Å². The van der Waals surface area contributed by atoms with Gasteiger partial charge in [-0.15, -0.1) is 0 Å². The zero-order chi connectivity index (χ0) is 11.4. The fraction of sp³-hybridized carbons (Fsp3) is 0.308. The Morgan fingerprint density at radius 1 is 1.25 bits per heavy atom. The molecule has 2 rings (SSSR count). The van der Waals surface area contributed by atoms with E-state index in [9.17, 15) is 0 Å². The summed E-state index contributed by atoms with van der Waals surface area (Å²) in [5.74, 6) is 6.10. The number of anilines is 1. The minimum Gasteiger partial charge on any atom is -0.308 e. The number of pyridine rings is 1. The van der Waals surface area contributed by atoms with E-state index in [0.717, 1.165) is 17.8 Å². The number of nitrogen functional groups attached to an aromatic ring is 1. The van der Waals surface area contributed by atoms with Crippen LogP contribution in [0.2, 0.25) is 0 Å². The first-order valence-corrected chi connectivity index (χ1v) is 5.70. The number of hydrogen-bond donors (Lipinski definition) is 2. The Balaban J connectivity index is 2.46. The minimum absolute atomic E-state index is 0.719. The highest BCUT2D eigenvalue weighted by atomic mass is 15.2. The third-order valence-electron chi connectivity index (χ3n) is 2.75. The molecule has 16 heavy (non-hydrogen) atoms. The molecule has 0 saturated heterocycles. The maximum Gasteiger partial charge on any atom is 0.140 e. The number of hydrazine groups is 1. The lowest BCUT2D eigenvalue weighted by Gasteiger charge is -2.07. The Morgan fingerprint density at radius 3 is 2.88 bits per heavy atom. The molecular formula is C13H17N3. The van der Waals surface area contributed by atoms with Gasteiger partial charge in [0, 0.05) is 5.39 Å². The van der Waals surface area contributed by atoms with Crippen molar-refractivity contribution in [3.63, 3.8) is 0 Å². The van der Waals surface area contributed by atoms with E-state index in [2.05, 4.69) is 35.5 Å². The maximum absolute atomic E-state index is 5.38. The molecule has 0 atom stereocenters. The minimum atomic E-state index is 0.719. The summed E-state index contributed by atoms with van der Waals surface area (Å²) in [5, 5.41) is 1.17. The van der Waals surface area contributed by atoms with Crippen molar-refractivity contribution in [1.29, 1.82) is 0 Å². The molecule has 1 heterocycles. The van der Waals surface area contributed by atoms with E-state index in [-0.39, 0.29) is 0 Å². The van der Waals surface area contributed by atoms with Crippen LogP contribution in [0.15, 0.2) is 30.3 Å². The Kier molecular flexibility index (Phi) is 3.37. The number of nitrogens with two attached hydrogens (primary N) is 1. The van der Waals surface area contributed by atoms with E-state index in [4.69, 9.17) is 5.84 Å². The largest absolute Gasteiger partial charge is 0.308 e. The van der Waals surface area contributed by atoms with Crippen molar-refractivity contribution in [3.05, 3.63) is 35.9 Å². The van der Waals surface area contributed by atoms with E-state index < -0.39 is 0 Å². The Bertz CT molecular complexity index is 480. The van der Waals surface area contributed by atoms with Gasteiger partial charge in [0.25, 0.3) is 0 Å². The van der Waals surface area contributed by atoms with E-state index in [1.807, 2.05) is 12.1 Å². The molecule has 0 amide bonds. The zero-order valence-corrected chi connectivity index (χ0v) is 9.53. The van der Waals surface area contributed by atoms with Gasteiger partial charge in [0.05, 0.1) is 5.52 Å². The molecule has 3 N–H and O–H groups in total. The summed E-state index contributed by atoms with van der Waals surface area (Å²) in [6.45, 7) is 2.20. The second kappa shape index (κ2) is 4.94. The highest BCUT2D eigenvalue weighted by molar-refractivity contribution is 5.83. The fourth-order valence-electron chi connectivity index (χ4n) is 1.86. The quantitative estimate of drug-likeness (QED) is 0.609. The number of aromatic nitrogens is 1. The lowest BCUT2D eigenvalue weighted by atomic mass is 10.0. The second-order valence-electron chi connectivity index (χ2n) is 3.93. The average molecular weight is 215 g/mol. The Hall–Kier alpha value is -1.61. The highest BCUT2D eigenvalue weighted by Gasteiger charge is 2.02.